The first-order valence-electron chi connectivity index (χ1n) is 12.7. The molecule has 3 N–H and O–H groups in total. The minimum Gasteiger partial charge on any atom is -0.487 e. The number of anilines is 2. The van der Waals surface area contributed by atoms with Crippen LogP contribution in [0, 0.1) is 5.92 Å². The lowest BCUT2D eigenvalue weighted by Gasteiger charge is -2.34. The highest BCUT2D eigenvalue weighted by Gasteiger charge is 2.34. The van der Waals surface area contributed by atoms with E-state index in [0.717, 1.165) is 46.3 Å². The van der Waals surface area contributed by atoms with Gasteiger partial charge in [0, 0.05) is 35.7 Å². The van der Waals surface area contributed by atoms with Gasteiger partial charge in [-0.15, -0.1) is 0 Å². The van der Waals surface area contributed by atoms with Crippen LogP contribution in [0.25, 0.3) is 16.5 Å². The molecule has 36 heavy (non-hydrogen) atoms. The Morgan fingerprint density at radius 2 is 1.97 bits per heavy atom. The maximum Gasteiger partial charge on any atom is 0.223 e. The van der Waals surface area contributed by atoms with E-state index in [0.29, 0.717) is 35.0 Å². The van der Waals surface area contributed by atoms with Crippen molar-refractivity contribution in [2.45, 2.75) is 68.9 Å². The lowest BCUT2D eigenvalue weighted by molar-refractivity contribution is 0.0684. The quantitative estimate of drug-likeness (QED) is 0.419. The third-order valence-corrected chi connectivity index (χ3v) is 8.49. The summed E-state index contributed by atoms with van der Waals surface area (Å²) in [6.45, 7) is 8.17. The Bertz CT molecular complexity index is 1330. The van der Waals surface area contributed by atoms with Crippen LogP contribution in [-0.4, -0.2) is 38.2 Å². The predicted molar refractivity (Wildman–Crippen MR) is 146 cm³/mol. The zero-order valence-corrected chi connectivity index (χ0v) is 21.9. The molecule has 8 heteroatoms. The van der Waals surface area contributed by atoms with E-state index in [4.69, 9.17) is 30.2 Å². The lowest BCUT2D eigenvalue weighted by atomic mass is 9.94. The molecule has 4 heterocycles. The Balaban J connectivity index is 1.32. The van der Waals surface area contributed by atoms with Crippen molar-refractivity contribution in [3.8, 4) is 5.88 Å². The summed E-state index contributed by atoms with van der Waals surface area (Å²) in [6, 6.07) is 5.96. The van der Waals surface area contributed by atoms with Gasteiger partial charge >= 0.3 is 0 Å². The number of nitrogens with zero attached hydrogens (tertiary/aromatic N) is 3. The number of thioether (sulfide) groups is 1. The topological polar surface area (TPSA) is 95.2 Å². The van der Waals surface area contributed by atoms with Crippen LogP contribution in [0.1, 0.15) is 62.4 Å². The molecule has 7 nitrogen and oxygen atoms in total. The van der Waals surface area contributed by atoms with Gasteiger partial charge in [0.15, 0.2) is 0 Å². The number of hydrogen-bond acceptors (Lipinski definition) is 8. The molecule has 3 aromatic heterocycles. The van der Waals surface area contributed by atoms with Crippen LogP contribution in [0.3, 0.4) is 0 Å². The Kier molecular flexibility index (Phi) is 5.84. The van der Waals surface area contributed by atoms with E-state index in [1.165, 1.54) is 12.8 Å². The average Bonchev–Trinajstić information content (AvgIpc) is 3.65. The van der Waals surface area contributed by atoms with Crippen molar-refractivity contribution < 1.29 is 9.47 Å². The number of nitrogens with one attached hydrogen (secondary N) is 1. The number of fused-ring (bicyclic) bond motifs is 2. The van der Waals surface area contributed by atoms with E-state index >= 15 is 0 Å². The minimum absolute atomic E-state index is 0.0380. The molecular formula is C28H33N5O2S. The Labute approximate surface area is 216 Å². The Morgan fingerprint density at radius 1 is 1.17 bits per heavy atom. The van der Waals surface area contributed by atoms with Gasteiger partial charge in [-0.25, -0.2) is 15.0 Å². The second kappa shape index (κ2) is 8.92. The minimum atomic E-state index is -0.329. The molecule has 1 atom stereocenters. The predicted octanol–water partition coefficient (Wildman–Crippen LogP) is 5.77. The summed E-state index contributed by atoms with van der Waals surface area (Å²) in [5, 5.41) is 6.03. The lowest BCUT2D eigenvalue weighted by Crippen LogP contribution is -2.35. The molecule has 0 spiro atoms. The first kappa shape index (κ1) is 23.6. The summed E-state index contributed by atoms with van der Waals surface area (Å²) in [5.41, 5.74) is 9.30. The average molecular weight is 504 g/mol. The Hall–Kier alpha value is -2.84. The van der Waals surface area contributed by atoms with Crippen LogP contribution in [0.2, 0.25) is 0 Å². The van der Waals surface area contributed by atoms with Crippen LogP contribution in [0.5, 0.6) is 5.88 Å². The molecular weight excluding hydrogens is 470 g/mol. The summed E-state index contributed by atoms with van der Waals surface area (Å²) in [7, 11) is 0. The van der Waals surface area contributed by atoms with Crippen LogP contribution in [0.4, 0.5) is 11.6 Å². The molecule has 1 aliphatic heterocycles. The van der Waals surface area contributed by atoms with E-state index in [9.17, 15) is 0 Å². The van der Waals surface area contributed by atoms with E-state index in [2.05, 4.69) is 38.1 Å². The fraction of sp³-hybridized carbons (Fsp3) is 0.464. The summed E-state index contributed by atoms with van der Waals surface area (Å²) >= 11 is 1.90. The molecule has 0 amide bonds. The maximum absolute atomic E-state index is 6.65. The van der Waals surface area contributed by atoms with Crippen LogP contribution < -0.4 is 15.8 Å². The van der Waals surface area contributed by atoms with Gasteiger partial charge in [-0.1, -0.05) is 6.58 Å². The number of aromatic nitrogens is 3. The monoisotopic (exact) mass is 503 g/mol. The highest BCUT2D eigenvalue weighted by Crippen LogP contribution is 2.43. The molecule has 2 saturated carbocycles. The number of ether oxygens (including phenoxy) is 2. The second-order valence-corrected chi connectivity index (χ2v) is 12.0. The van der Waals surface area contributed by atoms with Crippen molar-refractivity contribution in [2.24, 2.45) is 11.7 Å². The zero-order chi connectivity index (χ0) is 25.0. The largest absolute Gasteiger partial charge is 0.487 e. The zero-order valence-electron chi connectivity index (χ0n) is 21.1. The van der Waals surface area contributed by atoms with Crippen molar-refractivity contribution in [3.63, 3.8) is 0 Å². The standard InChI is InChI=1S/C28H33N5O2S/c1-15-19-7-8-24(32-23(19)12-28(2,3)35-15)33-25-11-20-21(26(29)16-5-6-16)13-31-27(22(20)14-30-25)34-17-9-18(10-17)36-4/h7-8,11,13-14,16-18,26H,1,5-6,9-10,12,29H2,2-4H3,(H,30,32,33). The van der Waals surface area contributed by atoms with Gasteiger partial charge in [0.25, 0.3) is 0 Å². The maximum atomic E-state index is 6.65. The first-order chi connectivity index (χ1) is 17.3. The second-order valence-electron chi connectivity index (χ2n) is 10.8. The molecule has 0 saturated heterocycles. The first-order valence-corrected chi connectivity index (χ1v) is 14.0. The molecule has 0 aromatic carbocycles. The van der Waals surface area contributed by atoms with Crippen molar-refractivity contribution in [1.82, 2.24) is 15.0 Å². The van der Waals surface area contributed by atoms with E-state index < -0.39 is 0 Å². The normalized spacial score (nSPS) is 23.4. The summed E-state index contributed by atoms with van der Waals surface area (Å²) in [4.78, 5) is 14.3. The molecule has 0 bridgehead atoms. The molecule has 2 fully saturated rings. The van der Waals surface area contributed by atoms with Gasteiger partial charge in [-0.3, -0.25) is 0 Å². The molecule has 1 unspecified atom stereocenters. The third kappa shape index (κ3) is 4.52. The smallest absolute Gasteiger partial charge is 0.223 e. The fourth-order valence-corrected chi connectivity index (χ4v) is 5.97. The number of nitrogens with two attached hydrogens (primary N) is 1. The van der Waals surface area contributed by atoms with Gasteiger partial charge < -0.3 is 20.5 Å². The molecule has 6 rings (SSSR count). The van der Waals surface area contributed by atoms with Gasteiger partial charge in [0.2, 0.25) is 5.88 Å². The van der Waals surface area contributed by atoms with Gasteiger partial charge in [-0.2, -0.15) is 11.8 Å². The fourth-order valence-electron chi connectivity index (χ4n) is 5.15. The SMILES string of the molecule is C=C1OC(C)(C)Cc2nc(Nc3cc4c(C(N)C5CC5)cnc(OC5CC(SC)C5)c4cn3)ccc21. The van der Waals surface area contributed by atoms with Gasteiger partial charge in [0.1, 0.15) is 29.1 Å². The highest BCUT2D eigenvalue weighted by molar-refractivity contribution is 7.99. The number of hydrogen-bond donors (Lipinski definition) is 2. The van der Waals surface area contributed by atoms with Crippen molar-refractivity contribution in [1.29, 1.82) is 0 Å². The van der Waals surface area contributed by atoms with Gasteiger partial charge in [0.05, 0.1) is 11.1 Å². The Morgan fingerprint density at radius 3 is 2.72 bits per heavy atom. The van der Waals surface area contributed by atoms with Crippen molar-refractivity contribution >= 4 is 39.9 Å². The summed E-state index contributed by atoms with van der Waals surface area (Å²) < 4.78 is 12.2. The molecule has 3 aliphatic rings. The summed E-state index contributed by atoms with van der Waals surface area (Å²) in [5.74, 6) is 3.28. The number of pyridine rings is 3. The summed E-state index contributed by atoms with van der Waals surface area (Å²) in [6.07, 6.45) is 11.3. The van der Waals surface area contributed by atoms with E-state index in [-0.39, 0.29) is 17.7 Å². The molecule has 3 aromatic rings. The van der Waals surface area contributed by atoms with Crippen molar-refractivity contribution in [3.05, 3.63) is 54.0 Å². The molecule has 2 aliphatic carbocycles. The van der Waals surface area contributed by atoms with Crippen molar-refractivity contribution in [2.75, 3.05) is 11.6 Å². The highest BCUT2D eigenvalue weighted by atomic mass is 32.2. The molecule has 0 radical (unpaired) electrons. The third-order valence-electron chi connectivity index (χ3n) is 7.44. The number of rotatable bonds is 7. The van der Waals surface area contributed by atoms with E-state index in [1.54, 1.807) is 0 Å². The van der Waals surface area contributed by atoms with E-state index in [1.807, 2.05) is 36.3 Å². The molecule has 188 valence electrons. The van der Waals surface area contributed by atoms with Crippen LogP contribution in [-0.2, 0) is 11.2 Å². The van der Waals surface area contributed by atoms with Crippen LogP contribution >= 0.6 is 11.8 Å². The van der Waals surface area contributed by atoms with Gasteiger partial charge in [-0.05, 0) is 80.9 Å². The van der Waals surface area contributed by atoms with Crippen LogP contribution in [0.15, 0.2) is 37.2 Å².